The molecule has 0 aliphatic heterocycles. The van der Waals surface area contributed by atoms with Crippen LogP contribution in [0.5, 0.6) is 0 Å². The van der Waals surface area contributed by atoms with Crippen molar-refractivity contribution >= 4 is 18.0 Å². The second-order valence-corrected chi connectivity index (χ2v) is 3.49. The first-order valence-corrected chi connectivity index (χ1v) is 4.38. The van der Waals surface area contributed by atoms with Crippen LogP contribution in [0, 0.1) is 10.6 Å². The molecule has 4 heteroatoms. The van der Waals surface area contributed by atoms with Crippen molar-refractivity contribution in [3.05, 3.63) is 17.0 Å². The van der Waals surface area contributed by atoms with E-state index in [2.05, 4.69) is 29.1 Å². The van der Waals surface area contributed by atoms with Crippen LogP contribution in [0.25, 0.3) is 0 Å². The topological polar surface area (TPSA) is 40.7 Å². The largest absolute Gasteiger partial charge is 0.371 e. The van der Waals surface area contributed by atoms with E-state index >= 15 is 0 Å². The Labute approximate surface area is 77.2 Å². The van der Waals surface area contributed by atoms with E-state index in [1.54, 1.807) is 6.33 Å². The van der Waals surface area contributed by atoms with Crippen molar-refractivity contribution in [1.82, 2.24) is 9.97 Å². The van der Waals surface area contributed by atoms with Gasteiger partial charge in [0.25, 0.3) is 0 Å². The summed E-state index contributed by atoms with van der Waals surface area (Å²) in [5.41, 5.74) is 0. The first kappa shape index (κ1) is 9.19. The second-order valence-electron chi connectivity index (χ2n) is 3.07. The molecule has 3 nitrogen and oxygen atoms in total. The van der Waals surface area contributed by atoms with E-state index in [1.807, 2.05) is 6.07 Å². The van der Waals surface area contributed by atoms with Gasteiger partial charge >= 0.3 is 0 Å². The molecule has 0 aromatic carbocycles. The maximum Gasteiger partial charge on any atom is 0.131 e. The van der Waals surface area contributed by atoms with Crippen molar-refractivity contribution in [3.63, 3.8) is 0 Å². The third kappa shape index (κ3) is 3.00. The Balaban J connectivity index is 2.58. The van der Waals surface area contributed by atoms with E-state index in [9.17, 15) is 0 Å². The average molecular weight is 183 g/mol. The molecule has 2 N–H and O–H groups in total. The first-order chi connectivity index (χ1) is 5.68. The van der Waals surface area contributed by atoms with Gasteiger partial charge in [-0.3, -0.25) is 0 Å². The van der Waals surface area contributed by atoms with E-state index in [1.165, 1.54) is 0 Å². The number of nitrogens with zero attached hydrogens (tertiary/aromatic N) is 1. The second kappa shape index (κ2) is 4.21. The minimum Gasteiger partial charge on any atom is -0.371 e. The Bertz CT molecular complexity index is 292. The normalized spacial score (nSPS) is 10.2. The number of rotatable bonds is 3. The molecule has 12 heavy (non-hydrogen) atoms. The Morgan fingerprint density at radius 1 is 1.67 bits per heavy atom. The maximum absolute atomic E-state index is 4.91. The Kier molecular flexibility index (Phi) is 3.22. The number of nitrogens with one attached hydrogen (secondary N) is 2. The lowest BCUT2D eigenvalue weighted by atomic mass is 10.2. The Hall–Kier alpha value is -0.900. The molecule has 1 aromatic rings. The van der Waals surface area contributed by atoms with Crippen molar-refractivity contribution < 1.29 is 0 Å². The molecule has 0 bridgehead atoms. The number of H-pyrrole nitrogens is 1. The summed E-state index contributed by atoms with van der Waals surface area (Å²) in [7, 11) is 0. The smallest absolute Gasteiger partial charge is 0.131 e. The highest BCUT2D eigenvalue weighted by atomic mass is 32.1. The molecule has 0 saturated carbocycles. The van der Waals surface area contributed by atoms with Crippen molar-refractivity contribution in [2.45, 2.75) is 13.8 Å². The number of aromatic nitrogens is 2. The van der Waals surface area contributed by atoms with Gasteiger partial charge < -0.3 is 10.3 Å². The summed E-state index contributed by atoms with van der Waals surface area (Å²) in [6.45, 7) is 5.25. The molecular formula is C8H13N3S. The molecule has 0 aliphatic rings. The lowest BCUT2D eigenvalue weighted by Gasteiger charge is -2.07. The van der Waals surface area contributed by atoms with E-state index in [0.717, 1.165) is 12.4 Å². The summed E-state index contributed by atoms with van der Waals surface area (Å²) < 4.78 is 0.611. The minimum absolute atomic E-state index is 0.611. The molecule has 0 radical (unpaired) electrons. The van der Waals surface area contributed by atoms with Crippen LogP contribution in [-0.4, -0.2) is 16.5 Å². The van der Waals surface area contributed by atoms with Gasteiger partial charge in [-0.1, -0.05) is 26.1 Å². The maximum atomic E-state index is 4.91. The summed E-state index contributed by atoms with van der Waals surface area (Å²) in [6.07, 6.45) is 1.60. The van der Waals surface area contributed by atoms with Gasteiger partial charge in [0.1, 0.15) is 10.5 Å². The van der Waals surface area contributed by atoms with Crippen molar-refractivity contribution in [2.75, 3.05) is 11.9 Å². The van der Waals surface area contributed by atoms with Crippen LogP contribution >= 0.6 is 12.2 Å². The van der Waals surface area contributed by atoms with Crippen LogP contribution in [0.15, 0.2) is 12.4 Å². The SMILES string of the molecule is CC(C)CNc1cc(=S)nc[nH]1. The number of anilines is 1. The van der Waals surface area contributed by atoms with Gasteiger partial charge in [-0.05, 0) is 5.92 Å². The van der Waals surface area contributed by atoms with Gasteiger partial charge in [0.05, 0.1) is 6.33 Å². The molecule has 0 aliphatic carbocycles. The van der Waals surface area contributed by atoms with Crippen LogP contribution in [0.4, 0.5) is 5.82 Å². The zero-order valence-corrected chi connectivity index (χ0v) is 8.11. The molecule has 0 unspecified atom stereocenters. The van der Waals surface area contributed by atoms with Crippen LogP contribution in [-0.2, 0) is 0 Å². The Morgan fingerprint density at radius 3 is 3.00 bits per heavy atom. The summed E-state index contributed by atoms with van der Waals surface area (Å²) >= 11 is 4.91. The fourth-order valence-corrected chi connectivity index (χ4v) is 0.955. The molecule has 0 fully saturated rings. The first-order valence-electron chi connectivity index (χ1n) is 3.97. The molecule has 0 atom stereocenters. The fraction of sp³-hybridized carbons (Fsp3) is 0.500. The van der Waals surface area contributed by atoms with Gasteiger partial charge in [-0.25, -0.2) is 4.98 Å². The number of aromatic amines is 1. The van der Waals surface area contributed by atoms with E-state index < -0.39 is 0 Å². The molecule has 1 heterocycles. The highest BCUT2D eigenvalue weighted by molar-refractivity contribution is 7.71. The van der Waals surface area contributed by atoms with Gasteiger partial charge in [0.2, 0.25) is 0 Å². The predicted octanol–water partition coefficient (Wildman–Crippen LogP) is 2.21. The van der Waals surface area contributed by atoms with Crippen molar-refractivity contribution in [1.29, 1.82) is 0 Å². The molecular weight excluding hydrogens is 170 g/mol. The van der Waals surface area contributed by atoms with E-state index in [-0.39, 0.29) is 0 Å². The number of hydrogen-bond acceptors (Lipinski definition) is 3. The Morgan fingerprint density at radius 2 is 2.42 bits per heavy atom. The lowest BCUT2D eigenvalue weighted by Crippen LogP contribution is -2.08. The molecule has 66 valence electrons. The van der Waals surface area contributed by atoms with Gasteiger partial charge in [-0.15, -0.1) is 0 Å². The predicted molar refractivity (Wildman–Crippen MR) is 52.7 cm³/mol. The lowest BCUT2D eigenvalue weighted by molar-refractivity contribution is 0.686. The zero-order chi connectivity index (χ0) is 8.97. The van der Waals surface area contributed by atoms with Crippen LogP contribution in [0.2, 0.25) is 0 Å². The zero-order valence-electron chi connectivity index (χ0n) is 7.29. The van der Waals surface area contributed by atoms with Gasteiger partial charge in [-0.2, -0.15) is 0 Å². The van der Waals surface area contributed by atoms with E-state index in [4.69, 9.17) is 12.2 Å². The van der Waals surface area contributed by atoms with Crippen LogP contribution in [0.3, 0.4) is 0 Å². The summed E-state index contributed by atoms with van der Waals surface area (Å²) in [5.74, 6) is 1.56. The van der Waals surface area contributed by atoms with Crippen LogP contribution in [0.1, 0.15) is 13.8 Å². The summed E-state index contributed by atoms with van der Waals surface area (Å²) in [6, 6.07) is 1.82. The quantitative estimate of drug-likeness (QED) is 0.706. The van der Waals surface area contributed by atoms with Crippen LogP contribution < -0.4 is 5.32 Å². The van der Waals surface area contributed by atoms with Gasteiger partial charge in [0, 0.05) is 12.6 Å². The molecule has 1 rings (SSSR count). The minimum atomic E-state index is 0.611. The molecule has 0 spiro atoms. The molecule has 0 saturated heterocycles. The third-order valence-corrected chi connectivity index (χ3v) is 1.60. The summed E-state index contributed by atoms with van der Waals surface area (Å²) in [5, 5.41) is 3.22. The van der Waals surface area contributed by atoms with Gasteiger partial charge in [0.15, 0.2) is 0 Å². The summed E-state index contributed by atoms with van der Waals surface area (Å²) in [4.78, 5) is 6.86. The standard InChI is InChI=1S/C8H13N3S/c1-6(2)4-9-7-3-8(12)11-5-10-7/h3,5-6H,4H2,1-2H3,(H2,9,10,11,12). The molecule has 1 aromatic heterocycles. The monoisotopic (exact) mass is 183 g/mol. The highest BCUT2D eigenvalue weighted by Gasteiger charge is 1.93. The third-order valence-electron chi connectivity index (χ3n) is 1.38. The van der Waals surface area contributed by atoms with Crippen molar-refractivity contribution in [3.8, 4) is 0 Å². The van der Waals surface area contributed by atoms with E-state index in [0.29, 0.717) is 10.6 Å². The van der Waals surface area contributed by atoms with Crippen molar-refractivity contribution in [2.24, 2.45) is 5.92 Å². The highest BCUT2D eigenvalue weighted by Crippen LogP contribution is 2.01. The molecule has 0 amide bonds. The average Bonchev–Trinajstić information content (AvgIpc) is 2.01. The fourth-order valence-electron chi connectivity index (χ4n) is 0.784. The number of hydrogen-bond donors (Lipinski definition) is 2.